The van der Waals surface area contributed by atoms with E-state index in [0.717, 1.165) is 22.5 Å². The van der Waals surface area contributed by atoms with Gasteiger partial charge in [0.05, 0.1) is 28.9 Å². The predicted octanol–water partition coefficient (Wildman–Crippen LogP) is 3.65. The van der Waals surface area contributed by atoms with Crippen LogP contribution in [0, 0.1) is 0 Å². The van der Waals surface area contributed by atoms with Crippen LogP contribution in [0.5, 0.6) is 0 Å². The van der Waals surface area contributed by atoms with Crippen molar-refractivity contribution in [2.45, 2.75) is 13.0 Å². The summed E-state index contributed by atoms with van der Waals surface area (Å²) in [6, 6.07) is 27.0. The highest BCUT2D eigenvalue weighted by molar-refractivity contribution is 5.88. The second kappa shape index (κ2) is 9.15. The Balaban J connectivity index is 1.41. The first-order chi connectivity index (χ1) is 16.6. The molecule has 0 aliphatic carbocycles. The van der Waals surface area contributed by atoms with Crippen LogP contribution in [-0.4, -0.2) is 25.5 Å². The number of fused-ring (bicyclic) bond motifs is 1. The molecule has 1 N–H and O–H groups in total. The van der Waals surface area contributed by atoms with Gasteiger partial charge in [0.1, 0.15) is 0 Å². The van der Waals surface area contributed by atoms with Gasteiger partial charge in [-0.15, -0.1) is 0 Å². The summed E-state index contributed by atoms with van der Waals surface area (Å²) in [5, 5.41) is 13.4. The van der Waals surface area contributed by atoms with Gasteiger partial charge in [-0.25, -0.2) is 9.36 Å². The summed E-state index contributed by atoms with van der Waals surface area (Å²) in [7, 11) is 1.60. The summed E-state index contributed by atoms with van der Waals surface area (Å²) < 4.78 is 3.11. The molecule has 0 saturated heterocycles. The van der Waals surface area contributed by atoms with Gasteiger partial charge in [-0.2, -0.15) is 10.2 Å². The van der Waals surface area contributed by atoms with E-state index >= 15 is 0 Å². The SMILES string of the molecule is Cn1nc(CC(=O)NCc2cn(-c3ccccc3)nc2-c2ccccc2)c2ccccc2c1=O. The summed E-state index contributed by atoms with van der Waals surface area (Å²) in [4.78, 5) is 25.2. The molecule has 0 saturated carbocycles. The van der Waals surface area contributed by atoms with E-state index in [1.165, 1.54) is 4.68 Å². The van der Waals surface area contributed by atoms with Crippen molar-refractivity contribution in [2.75, 3.05) is 0 Å². The quantitative estimate of drug-likeness (QED) is 0.429. The molecule has 7 nitrogen and oxygen atoms in total. The van der Waals surface area contributed by atoms with Crippen LogP contribution >= 0.6 is 0 Å². The summed E-state index contributed by atoms with van der Waals surface area (Å²) in [6.45, 7) is 0.319. The fourth-order valence-corrected chi connectivity index (χ4v) is 4.01. The molecule has 0 unspecified atom stereocenters. The highest BCUT2D eigenvalue weighted by Gasteiger charge is 2.15. The summed E-state index contributed by atoms with van der Waals surface area (Å²) in [5.74, 6) is -0.178. The molecule has 34 heavy (non-hydrogen) atoms. The zero-order valence-corrected chi connectivity index (χ0v) is 18.7. The standard InChI is InChI=1S/C27H23N5O2/c1-31-27(34)23-15-9-8-14-22(23)24(29-31)16-25(33)28-17-20-18-32(21-12-6-3-7-13-21)30-26(20)19-10-4-2-5-11-19/h2-15,18H,16-17H2,1H3,(H,28,33). The zero-order chi connectivity index (χ0) is 23.5. The lowest BCUT2D eigenvalue weighted by Gasteiger charge is -2.09. The number of aromatic nitrogens is 4. The molecule has 2 aromatic heterocycles. The van der Waals surface area contributed by atoms with E-state index in [1.54, 1.807) is 13.1 Å². The minimum Gasteiger partial charge on any atom is -0.352 e. The van der Waals surface area contributed by atoms with Gasteiger partial charge in [0, 0.05) is 36.3 Å². The van der Waals surface area contributed by atoms with Crippen molar-refractivity contribution in [1.82, 2.24) is 24.9 Å². The third-order valence-corrected chi connectivity index (χ3v) is 5.69. The van der Waals surface area contributed by atoms with Crippen LogP contribution in [0.1, 0.15) is 11.3 Å². The van der Waals surface area contributed by atoms with Gasteiger partial charge in [0.15, 0.2) is 0 Å². The third-order valence-electron chi connectivity index (χ3n) is 5.69. The summed E-state index contributed by atoms with van der Waals surface area (Å²) in [6.07, 6.45) is 2.01. The Bertz CT molecular complexity index is 1520. The Morgan fingerprint density at radius 2 is 1.50 bits per heavy atom. The maximum atomic E-state index is 12.9. The van der Waals surface area contributed by atoms with E-state index in [2.05, 4.69) is 10.4 Å². The van der Waals surface area contributed by atoms with Gasteiger partial charge in [-0.1, -0.05) is 66.7 Å². The minimum atomic E-state index is -0.180. The molecule has 7 heteroatoms. The second-order valence-corrected chi connectivity index (χ2v) is 8.02. The third kappa shape index (κ3) is 4.23. The molecule has 0 fully saturated rings. The number of carbonyl (C=O) groups is 1. The maximum absolute atomic E-state index is 12.9. The van der Waals surface area contributed by atoms with Crippen molar-refractivity contribution in [1.29, 1.82) is 0 Å². The number of hydrogen-bond acceptors (Lipinski definition) is 4. The van der Waals surface area contributed by atoms with Crippen LogP contribution in [0.2, 0.25) is 0 Å². The number of hydrogen-bond donors (Lipinski definition) is 1. The Morgan fingerprint density at radius 1 is 0.853 bits per heavy atom. The van der Waals surface area contributed by atoms with Gasteiger partial charge < -0.3 is 5.32 Å². The number of carbonyl (C=O) groups excluding carboxylic acids is 1. The Labute approximate surface area is 196 Å². The number of nitrogens with zero attached hydrogens (tertiary/aromatic N) is 4. The molecule has 2 heterocycles. The fourth-order valence-electron chi connectivity index (χ4n) is 4.01. The van der Waals surface area contributed by atoms with Crippen LogP contribution < -0.4 is 10.9 Å². The monoisotopic (exact) mass is 449 g/mol. The summed E-state index contributed by atoms with van der Waals surface area (Å²) in [5.41, 5.74) is 4.03. The molecule has 168 valence electrons. The van der Waals surface area contributed by atoms with E-state index in [-0.39, 0.29) is 17.9 Å². The van der Waals surface area contributed by atoms with Gasteiger partial charge in [-0.3, -0.25) is 9.59 Å². The highest BCUT2D eigenvalue weighted by atomic mass is 16.1. The average molecular weight is 450 g/mol. The molecule has 0 radical (unpaired) electrons. The lowest BCUT2D eigenvalue weighted by Crippen LogP contribution is -2.27. The number of benzene rings is 3. The van der Waals surface area contributed by atoms with Crippen LogP contribution in [0.25, 0.3) is 27.7 Å². The van der Waals surface area contributed by atoms with Crippen LogP contribution in [0.3, 0.4) is 0 Å². The van der Waals surface area contributed by atoms with Crippen molar-refractivity contribution in [3.05, 3.63) is 113 Å². The molecule has 0 aliphatic heterocycles. The largest absolute Gasteiger partial charge is 0.352 e. The van der Waals surface area contributed by atoms with Crippen LogP contribution in [0.4, 0.5) is 0 Å². The first-order valence-corrected chi connectivity index (χ1v) is 11.0. The lowest BCUT2D eigenvalue weighted by atomic mass is 10.1. The molecule has 3 aromatic carbocycles. The molecule has 0 spiro atoms. The number of rotatable bonds is 6. The Hall–Kier alpha value is -4.52. The van der Waals surface area contributed by atoms with Gasteiger partial charge in [-0.05, 0) is 18.2 Å². The maximum Gasteiger partial charge on any atom is 0.274 e. The van der Waals surface area contributed by atoms with Gasteiger partial charge >= 0.3 is 0 Å². The second-order valence-electron chi connectivity index (χ2n) is 8.02. The van der Waals surface area contributed by atoms with E-state index in [4.69, 9.17) is 5.10 Å². The fraction of sp³-hybridized carbons (Fsp3) is 0.111. The highest BCUT2D eigenvalue weighted by Crippen LogP contribution is 2.23. The topological polar surface area (TPSA) is 81.8 Å². The van der Waals surface area contributed by atoms with Crippen molar-refractivity contribution >= 4 is 16.7 Å². The average Bonchev–Trinajstić information content (AvgIpc) is 3.31. The smallest absolute Gasteiger partial charge is 0.274 e. The lowest BCUT2D eigenvalue weighted by molar-refractivity contribution is -0.120. The molecule has 0 atom stereocenters. The summed E-state index contributed by atoms with van der Waals surface area (Å²) >= 11 is 0. The zero-order valence-electron chi connectivity index (χ0n) is 18.7. The number of nitrogens with one attached hydrogen (secondary N) is 1. The van der Waals surface area contributed by atoms with Gasteiger partial charge in [0.2, 0.25) is 5.91 Å². The van der Waals surface area contributed by atoms with Crippen molar-refractivity contribution in [3.8, 4) is 16.9 Å². The number of amides is 1. The van der Waals surface area contributed by atoms with E-state index in [0.29, 0.717) is 23.0 Å². The number of para-hydroxylation sites is 1. The first kappa shape index (κ1) is 21.3. The Morgan fingerprint density at radius 3 is 2.24 bits per heavy atom. The van der Waals surface area contributed by atoms with Crippen LogP contribution in [0.15, 0.2) is 95.9 Å². The number of aryl methyl sites for hydroxylation is 1. The normalized spacial score (nSPS) is 11.0. The Kier molecular flexibility index (Phi) is 5.74. The van der Waals surface area contributed by atoms with Crippen molar-refractivity contribution in [3.63, 3.8) is 0 Å². The van der Waals surface area contributed by atoms with E-state index in [1.807, 2.05) is 89.7 Å². The predicted molar refractivity (Wildman–Crippen MR) is 132 cm³/mol. The van der Waals surface area contributed by atoms with E-state index in [9.17, 15) is 9.59 Å². The minimum absolute atomic E-state index is 0.0716. The molecule has 0 bridgehead atoms. The molecule has 1 amide bonds. The van der Waals surface area contributed by atoms with Crippen LogP contribution in [-0.2, 0) is 24.8 Å². The molecular weight excluding hydrogens is 426 g/mol. The molecular formula is C27H23N5O2. The molecule has 5 rings (SSSR count). The molecule has 5 aromatic rings. The molecule has 0 aliphatic rings. The first-order valence-electron chi connectivity index (χ1n) is 11.0. The van der Waals surface area contributed by atoms with Crippen molar-refractivity contribution < 1.29 is 4.79 Å². The van der Waals surface area contributed by atoms with Crippen molar-refractivity contribution in [2.24, 2.45) is 7.05 Å². The van der Waals surface area contributed by atoms with E-state index < -0.39 is 0 Å². The van der Waals surface area contributed by atoms with Gasteiger partial charge in [0.25, 0.3) is 5.56 Å².